The van der Waals surface area contributed by atoms with Gasteiger partial charge in [-0.3, -0.25) is 4.79 Å². The van der Waals surface area contributed by atoms with Crippen LogP contribution in [0.1, 0.15) is 25.3 Å². The van der Waals surface area contributed by atoms with Crippen LogP contribution in [0.2, 0.25) is 0 Å². The van der Waals surface area contributed by atoms with Crippen molar-refractivity contribution >= 4 is 21.3 Å². The first-order chi connectivity index (χ1) is 8.43. The number of hydrogen-bond acceptors (Lipinski definition) is 4. The van der Waals surface area contributed by atoms with Crippen LogP contribution < -0.4 is 5.73 Å². The molecule has 0 spiro atoms. The molecule has 18 heavy (non-hydrogen) atoms. The molecule has 0 saturated heterocycles. The molecule has 1 aromatic carbocycles. The van der Waals surface area contributed by atoms with Gasteiger partial charge in [-0.25, -0.2) is 8.42 Å². The van der Waals surface area contributed by atoms with Gasteiger partial charge in [-0.05, 0) is 24.1 Å². The van der Waals surface area contributed by atoms with Gasteiger partial charge in [0.25, 0.3) is 0 Å². The third-order valence-corrected chi connectivity index (χ3v) is 4.52. The first kappa shape index (κ1) is 14.7. The zero-order valence-electron chi connectivity index (χ0n) is 10.6. The van der Waals surface area contributed by atoms with Crippen LogP contribution in [0.25, 0.3) is 0 Å². The molecule has 1 aromatic rings. The van der Waals surface area contributed by atoms with Crippen LogP contribution in [0.4, 0.5) is 5.69 Å². The van der Waals surface area contributed by atoms with Gasteiger partial charge in [0.2, 0.25) is 0 Å². The molecule has 0 saturated carbocycles. The molecule has 100 valence electrons. The Hall–Kier alpha value is -1.36. The smallest absolute Gasteiger partial charge is 0.150 e. The van der Waals surface area contributed by atoms with Crippen molar-refractivity contribution < 1.29 is 13.2 Å². The SMILES string of the molecule is CCS(=O)(=O)CCCC(=O)Cc1ccc(N)cc1. The summed E-state index contributed by atoms with van der Waals surface area (Å²) in [7, 11) is -2.96. The van der Waals surface area contributed by atoms with Crippen molar-refractivity contribution in [1.29, 1.82) is 0 Å². The fourth-order valence-corrected chi connectivity index (χ4v) is 2.46. The van der Waals surface area contributed by atoms with Crippen LogP contribution in [-0.4, -0.2) is 25.7 Å². The topological polar surface area (TPSA) is 77.2 Å². The van der Waals surface area contributed by atoms with E-state index in [4.69, 9.17) is 5.73 Å². The Morgan fingerprint density at radius 3 is 2.39 bits per heavy atom. The Morgan fingerprint density at radius 2 is 1.83 bits per heavy atom. The largest absolute Gasteiger partial charge is 0.399 e. The van der Waals surface area contributed by atoms with E-state index in [-0.39, 0.29) is 17.3 Å². The standard InChI is InChI=1S/C13H19NO3S/c1-2-18(16,17)9-3-4-13(15)10-11-5-7-12(14)8-6-11/h5-8H,2-4,9-10,14H2,1H3. The predicted octanol–water partition coefficient (Wildman–Crippen LogP) is 1.60. The lowest BCUT2D eigenvalue weighted by Gasteiger charge is -2.03. The number of Topliss-reactive ketones (excluding diaryl/α,β-unsaturated/α-hetero) is 1. The maximum absolute atomic E-state index is 11.6. The average molecular weight is 269 g/mol. The van der Waals surface area contributed by atoms with Gasteiger partial charge in [0.1, 0.15) is 15.6 Å². The third-order valence-electron chi connectivity index (χ3n) is 2.73. The lowest BCUT2D eigenvalue weighted by atomic mass is 10.1. The Kier molecular flexibility index (Phi) is 5.34. The van der Waals surface area contributed by atoms with Gasteiger partial charge in [0, 0.05) is 24.3 Å². The van der Waals surface area contributed by atoms with Crippen LogP contribution in [0.3, 0.4) is 0 Å². The molecule has 5 heteroatoms. The monoisotopic (exact) mass is 269 g/mol. The molecular formula is C13H19NO3S. The number of hydrogen-bond donors (Lipinski definition) is 1. The van der Waals surface area contributed by atoms with E-state index < -0.39 is 9.84 Å². The summed E-state index contributed by atoms with van der Waals surface area (Å²) >= 11 is 0. The van der Waals surface area contributed by atoms with E-state index in [1.165, 1.54) is 0 Å². The van der Waals surface area contributed by atoms with Crippen molar-refractivity contribution in [3.63, 3.8) is 0 Å². The highest BCUT2D eigenvalue weighted by Crippen LogP contribution is 2.08. The second-order valence-electron chi connectivity index (χ2n) is 4.30. The number of ketones is 1. The van der Waals surface area contributed by atoms with Crippen LogP contribution in [0.15, 0.2) is 24.3 Å². The molecule has 0 aliphatic rings. The molecule has 0 bridgehead atoms. The second kappa shape index (κ2) is 6.54. The second-order valence-corrected chi connectivity index (χ2v) is 6.77. The minimum absolute atomic E-state index is 0.0612. The number of carbonyl (C=O) groups is 1. The van der Waals surface area contributed by atoms with E-state index in [2.05, 4.69) is 0 Å². The molecule has 0 amide bonds. The van der Waals surface area contributed by atoms with Crippen LogP contribution in [0.5, 0.6) is 0 Å². The van der Waals surface area contributed by atoms with Crippen molar-refractivity contribution in [3.8, 4) is 0 Å². The van der Waals surface area contributed by atoms with E-state index in [1.54, 1.807) is 19.1 Å². The number of benzene rings is 1. The first-order valence-electron chi connectivity index (χ1n) is 5.99. The molecule has 4 nitrogen and oxygen atoms in total. The van der Waals surface area contributed by atoms with Crippen LogP contribution in [0, 0.1) is 0 Å². The molecule has 2 N–H and O–H groups in total. The maximum atomic E-state index is 11.6. The van der Waals surface area contributed by atoms with E-state index in [1.807, 2.05) is 12.1 Å². The number of nitrogen functional groups attached to an aromatic ring is 1. The summed E-state index contributed by atoms with van der Waals surface area (Å²) in [5, 5.41) is 0. The van der Waals surface area contributed by atoms with Gasteiger partial charge in [-0.2, -0.15) is 0 Å². The Bertz CT molecular complexity index is 491. The molecular weight excluding hydrogens is 250 g/mol. The Balaban J connectivity index is 2.36. The van der Waals surface area contributed by atoms with Gasteiger partial charge in [0.15, 0.2) is 0 Å². The molecule has 0 atom stereocenters. The van der Waals surface area contributed by atoms with Gasteiger partial charge in [-0.15, -0.1) is 0 Å². The van der Waals surface area contributed by atoms with E-state index >= 15 is 0 Å². The highest BCUT2D eigenvalue weighted by molar-refractivity contribution is 7.91. The number of nitrogens with two attached hydrogens (primary N) is 1. The first-order valence-corrected chi connectivity index (χ1v) is 7.81. The van der Waals surface area contributed by atoms with Crippen LogP contribution >= 0.6 is 0 Å². The van der Waals surface area contributed by atoms with Gasteiger partial charge < -0.3 is 5.73 Å². The molecule has 1 rings (SSSR count). The quantitative estimate of drug-likeness (QED) is 0.763. The highest BCUT2D eigenvalue weighted by Gasteiger charge is 2.09. The van der Waals surface area contributed by atoms with Crippen molar-refractivity contribution in [3.05, 3.63) is 29.8 Å². The van der Waals surface area contributed by atoms with Gasteiger partial charge >= 0.3 is 0 Å². The summed E-state index contributed by atoms with van der Waals surface area (Å²) < 4.78 is 22.5. The molecule has 0 aromatic heterocycles. The van der Waals surface area contributed by atoms with Gasteiger partial charge in [-0.1, -0.05) is 19.1 Å². The normalized spacial score (nSPS) is 11.4. The molecule has 0 radical (unpaired) electrons. The molecule has 0 heterocycles. The fraction of sp³-hybridized carbons (Fsp3) is 0.462. The lowest BCUT2D eigenvalue weighted by molar-refractivity contribution is -0.118. The average Bonchev–Trinajstić information content (AvgIpc) is 2.32. The summed E-state index contributed by atoms with van der Waals surface area (Å²) in [5.74, 6) is 0.293. The van der Waals surface area contributed by atoms with Gasteiger partial charge in [0.05, 0.1) is 5.75 Å². The predicted molar refractivity (Wildman–Crippen MR) is 73.1 cm³/mol. The summed E-state index contributed by atoms with van der Waals surface area (Å²) in [6, 6.07) is 7.14. The number of sulfone groups is 1. The van der Waals surface area contributed by atoms with Crippen molar-refractivity contribution in [2.45, 2.75) is 26.2 Å². The summed E-state index contributed by atoms with van der Waals surface area (Å²) in [4.78, 5) is 11.6. The highest BCUT2D eigenvalue weighted by atomic mass is 32.2. The minimum atomic E-state index is -2.96. The van der Waals surface area contributed by atoms with E-state index in [0.29, 0.717) is 24.9 Å². The maximum Gasteiger partial charge on any atom is 0.150 e. The summed E-state index contributed by atoms with van der Waals surface area (Å²) in [6.07, 6.45) is 1.06. The minimum Gasteiger partial charge on any atom is -0.399 e. The number of rotatable bonds is 7. The number of anilines is 1. The van der Waals surface area contributed by atoms with Crippen LogP contribution in [-0.2, 0) is 21.1 Å². The Labute approximate surface area is 108 Å². The molecule has 0 aliphatic heterocycles. The Morgan fingerprint density at radius 1 is 1.22 bits per heavy atom. The fourth-order valence-electron chi connectivity index (χ4n) is 1.59. The third kappa shape index (κ3) is 5.31. The summed E-state index contributed by atoms with van der Waals surface area (Å²) in [6.45, 7) is 1.62. The molecule has 0 unspecified atom stereocenters. The zero-order valence-corrected chi connectivity index (χ0v) is 11.4. The van der Waals surface area contributed by atoms with Crippen molar-refractivity contribution in [2.24, 2.45) is 0 Å². The van der Waals surface area contributed by atoms with Crippen molar-refractivity contribution in [1.82, 2.24) is 0 Å². The zero-order chi connectivity index (χ0) is 13.6. The summed E-state index contributed by atoms with van der Waals surface area (Å²) in [5.41, 5.74) is 7.13. The number of carbonyl (C=O) groups excluding carboxylic acids is 1. The van der Waals surface area contributed by atoms with E-state index in [0.717, 1.165) is 5.56 Å². The lowest BCUT2D eigenvalue weighted by Crippen LogP contribution is -2.11. The van der Waals surface area contributed by atoms with E-state index in [9.17, 15) is 13.2 Å². The molecule has 0 fully saturated rings. The molecule has 0 aliphatic carbocycles. The van der Waals surface area contributed by atoms with Crippen molar-refractivity contribution in [2.75, 3.05) is 17.2 Å².